The van der Waals surface area contributed by atoms with Crippen molar-refractivity contribution >= 4 is 11.6 Å². The van der Waals surface area contributed by atoms with Crippen LogP contribution in [0.2, 0.25) is 0 Å². The number of hydrogen-bond donors (Lipinski definition) is 1. The molecule has 0 fully saturated rings. The molecular weight excluding hydrogens is 250 g/mol. The molecule has 0 bridgehead atoms. The second kappa shape index (κ2) is 3.83. The van der Waals surface area contributed by atoms with E-state index in [9.17, 15) is 4.79 Å². The van der Waals surface area contributed by atoms with E-state index in [1.807, 2.05) is 0 Å². The minimum absolute atomic E-state index is 0.179. The number of aromatic carboxylic acids is 1. The number of fused-ring (bicyclic) bond motifs is 1. The summed E-state index contributed by atoms with van der Waals surface area (Å²) in [6.45, 7) is 3.32. The molecule has 3 aromatic heterocycles. The Bertz CT molecular complexity index is 788. The third-order valence-electron chi connectivity index (χ3n) is 2.78. The number of carbonyl (C=O) groups is 1. The molecule has 3 rings (SSSR count). The van der Waals surface area contributed by atoms with E-state index in [-0.39, 0.29) is 5.56 Å². The predicted molar refractivity (Wildman–Crippen MR) is 62.1 cm³/mol. The standard InChI is InChI=1S/C10H9N7O2/c1-5-9(10(18)19)6(2)16(12-5)8-4-3-7-11-14-15-17(7)13-8/h3-4H,1-2H3,(H,18,19). The Morgan fingerprint density at radius 2 is 2.05 bits per heavy atom. The SMILES string of the molecule is Cc1nn(-c2ccc3nnnn3n2)c(C)c1C(=O)O. The van der Waals surface area contributed by atoms with Crippen molar-refractivity contribution in [2.24, 2.45) is 0 Å². The second-order valence-electron chi connectivity index (χ2n) is 3.98. The summed E-state index contributed by atoms with van der Waals surface area (Å²) in [5, 5.41) is 28.4. The van der Waals surface area contributed by atoms with Gasteiger partial charge in [-0.1, -0.05) is 0 Å². The van der Waals surface area contributed by atoms with Gasteiger partial charge in [-0.3, -0.25) is 0 Å². The second-order valence-corrected chi connectivity index (χ2v) is 3.98. The average Bonchev–Trinajstić information content (AvgIpc) is 2.92. The molecule has 0 amide bonds. The van der Waals surface area contributed by atoms with Crippen molar-refractivity contribution in [3.8, 4) is 5.82 Å². The van der Waals surface area contributed by atoms with Crippen molar-refractivity contribution < 1.29 is 9.90 Å². The molecule has 0 radical (unpaired) electrons. The van der Waals surface area contributed by atoms with Crippen molar-refractivity contribution in [1.82, 2.24) is 35.0 Å². The lowest BCUT2D eigenvalue weighted by molar-refractivity contribution is 0.0695. The first-order valence-electron chi connectivity index (χ1n) is 5.43. The number of carboxylic acids is 1. The van der Waals surface area contributed by atoms with Crippen LogP contribution in [-0.2, 0) is 0 Å². The molecule has 0 saturated heterocycles. The fourth-order valence-electron chi connectivity index (χ4n) is 1.93. The molecule has 0 aliphatic rings. The molecule has 1 N–H and O–H groups in total. The van der Waals surface area contributed by atoms with Crippen LogP contribution in [0.15, 0.2) is 12.1 Å². The van der Waals surface area contributed by atoms with Gasteiger partial charge in [-0.05, 0) is 36.4 Å². The molecule has 0 spiro atoms. The molecule has 0 aliphatic heterocycles. The molecule has 0 aliphatic carbocycles. The maximum atomic E-state index is 11.1. The van der Waals surface area contributed by atoms with Crippen LogP contribution in [0.25, 0.3) is 11.5 Å². The number of aromatic nitrogens is 7. The first-order chi connectivity index (χ1) is 9.08. The quantitative estimate of drug-likeness (QED) is 0.690. The van der Waals surface area contributed by atoms with Crippen LogP contribution in [0.4, 0.5) is 0 Å². The number of nitrogens with zero attached hydrogens (tertiary/aromatic N) is 7. The Hall–Kier alpha value is -2.84. The largest absolute Gasteiger partial charge is 0.478 e. The molecule has 19 heavy (non-hydrogen) atoms. The number of rotatable bonds is 2. The van der Waals surface area contributed by atoms with Gasteiger partial charge in [0.25, 0.3) is 0 Å². The molecule has 0 saturated carbocycles. The highest BCUT2D eigenvalue weighted by Crippen LogP contribution is 2.16. The first kappa shape index (κ1) is 11.3. The zero-order valence-electron chi connectivity index (χ0n) is 10.1. The Balaban J connectivity index is 2.21. The van der Waals surface area contributed by atoms with Crippen molar-refractivity contribution in [1.29, 1.82) is 0 Å². The van der Waals surface area contributed by atoms with Gasteiger partial charge in [0.1, 0.15) is 5.56 Å². The van der Waals surface area contributed by atoms with E-state index in [1.165, 1.54) is 9.31 Å². The Morgan fingerprint density at radius 3 is 2.74 bits per heavy atom. The lowest BCUT2D eigenvalue weighted by Gasteiger charge is -2.02. The molecule has 3 heterocycles. The summed E-state index contributed by atoms with van der Waals surface area (Å²) in [7, 11) is 0. The number of carboxylic acid groups (broad SMARTS) is 1. The van der Waals surface area contributed by atoms with Crippen LogP contribution in [0.5, 0.6) is 0 Å². The van der Waals surface area contributed by atoms with Crippen LogP contribution in [0.3, 0.4) is 0 Å². The maximum absolute atomic E-state index is 11.1. The predicted octanol–water partition coefficient (Wildman–Crippen LogP) is 0.0200. The maximum Gasteiger partial charge on any atom is 0.339 e. The lowest BCUT2D eigenvalue weighted by atomic mass is 10.2. The highest BCUT2D eigenvalue weighted by molar-refractivity contribution is 5.90. The highest BCUT2D eigenvalue weighted by Gasteiger charge is 2.19. The smallest absolute Gasteiger partial charge is 0.339 e. The van der Waals surface area contributed by atoms with Crippen LogP contribution < -0.4 is 0 Å². The summed E-state index contributed by atoms with van der Waals surface area (Å²) in [6, 6.07) is 3.36. The Morgan fingerprint density at radius 1 is 1.26 bits per heavy atom. The summed E-state index contributed by atoms with van der Waals surface area (Å²) >= 11 is 0. The molecule has 0 unspecified atom stereocenters. The topological polar surface area (TPSA) is 111 Å². The summed E-state index contributed by atoms with van der Waals surface area (Å²) in [4.78, 5) is 11.1. The van der Waals surface area contributed by atoms with E-state index in [4.69, 9.17) is 5.11 Å². The van der Waals surface area contributed by atoms with Gasteiger partial charge < -0.3 is 5.11 Å². The van der Waals surface area contributed by atoms with Crippen molar-refractivity contribution in [3.05, 3.63) is 29.1 Å². The van der Waals surface area contributed by atoms with Gasteiger partial charge in [0.15, 0.2) is 11.5 Å². The normalized spacial score (nSPS) is 11.1. The van der Waals surface area contributed by atoms with Gasteiger partial charge in [0.05, 0.1) is 11.4 Å². The fraction of sp³-hybridized carbons (Fsp3) is 0.200. The van der Waals surface area contributed by atoms with Gasteiger partial charge in [-0.15, -0.1) is 14.8 Å². The van der Waals surface area contributed by atoms with Crippen LogP contribution in [0, 0.1) is 13.8 Å². The number of hydrogen-bond acceptors (Lipinski definition) is 6. The average molecular weight is 259 g/mol. The molecule has 0 aromatic carbocycles. The van der Waals surface area contributed by atoms with E-state index in [0.29, 0.717) is 22.9 Å². The van der Waals surface area contributed by atoms with Crippen molar-refractivity contribution in [2.45, 2.75) is 13.8 Å². The Kier molecular flexibility index (Phi) is 2.27. The van der Waals surface area contributed by atoms with Gasteiger partial charge in [-0.2, -0.15) is 5.10 Å². The van der Waals surface area contributed by atoms with Gasteiger partial charge in [-0.25, -0.2) is 9.48 Å². The summed E-state index contributed by atoms with van der Waals surface area (Å²) in [5.74, 6) is -0.558. The first-order valence-corrected chi connectivity index (χ1v) is 5.43. The lowest BCUT2D eigenvalue weighted by Crippen LogP contribution is -2.07. The van der Waals surface area contributed by atoms with Crippen molar-refractivity contribution in [2.75, 3.05) is 0 Å². The monoisotopic (exact) mass is 259 g/mol. The molecule has 3 aromatic rings. The van der Waals surface area contributed by atoms with Gasteiger partial charge >= 0.3 is 5.97 Å². The number of tetrazole rings is 1. The minimum atomic E-state index is -1.01. The third-order valence-corrected chi connectivity index (χ3v) is 2.78. The van der Waals surface area contributed by atoms with Crippen molar-refractivity contribution in [3.63, 3.8) is 0 Å². The minimum Gasteiger partial charge on any atom is -0.478 e. The third kappa shape index (κ3) is 1.63. The van der Waals surface area contributed by atoms with E-state index in [0.717, 1.165) is 0 Å². The number of aryl methyl sites for hydroxylation is 1. The Labute approximate surface area is 106 Å². The van der Waals surface area contributed by atoms with Crippen LogP contribution in [0.1, 0.15) is 21.7 Å². The van der Waals surface area contributed by atoms with E-state index in [1.54, 1.807) is 26.0 Å². The molecular formula is C10H9N7O2. The summed E-state index contributed by atoms with van der Waals surface area (Å²) in [5.41, 5.74) is 1.62. The molecule has 0 atom stereocenters. The highest BCUT2D eigenvalue weighted by atomic mass is 16.4. The van der Waals surface area contributed by atoms with Gasteiger partial charge in [0, 0.05) is 0 Å². The van der Waals surface area contributed by atoms with Gasteiger partial charge in [0.2, 0.25) is 0 Å². The fourth-order valence-corrected chi connectivity index (χ4v) is 1.93. The van der Waals surface area contributed by atoms with E-state index < -0.39 is 5.97 Å². The van der Waals surface area contributed by atoms with E-state index >= 15 is 0 Å². The van der Waals surface area contributed by atoms with Crippen LogP contribution in [-0.4, -0.2) is 46.1 Å². The zero-order valence-corrected chi connectivity index (χ0v) is 10.1. The zero-order chi connectivity index (χ0) is 13.6. The summed E-state index contributed by atoms with van der Waals surface area (Å²) < 4.78 is 2.71. The molecule has 9 heteroatoms. The summed E-state index contributed by atoms with van der Waals surface area (Å²) in [6.07, 6.45) is 0. The molecule has 96 valence electrons. The molecule has 9 nitrogen and oxygen atoms in total. The van der Waals surface area contributed by atoms with Crippen LogP contribution >= 0.6 is 0 Å². The van der Waals surface area contributed by atoms with E-state index in [2.05, 4.69) is 25.7 Å².